The smallest absolute Gasteiger partial charge is 0.0997 e. The van der Waals surface area contributed by atoms with E-state index in [9.17, 15) is 0 Å². The van der Waals surface area contributed by atoms with E-state index in [1.54, 1.807) is 0 Å². The number of hydrogen-bond donors (Lipinski definition) is 1. The van der Waals surface area contributed by atoms with Crippen molar-refractivity contribution in [1.82, 2.24) is 25.2 Å². The highest BCUT2D eigenvalue weighted by Gasteiger charge is 2.25. The molecule has 0 aromatic carbocycles. The van der Waals surface area contributed by atoms with Crippen molar-refractivity contribution in [2.75, 3.05) is 26.2 Å². The number of likely N-dealkylation sites (tertiary alicyclic amines) is 1. The maximum Gasteiger partial charge on any atom is 0.0997 e. The number of piperidine rings is 1. The zero-order valence-electron chi connectivity index (χ0n) is 11.2. The van der Waals surface area contributed by atoms with Crippen LogP contribution in [0.15, 0.2) is 0 Å². The van der Waals surface area contributed by atoms with Gasteiger partial charge in [-0.25, -0.2) is 4.68 Å². The van der Waals surface area contributed by atoms with Gasteiger partial charge in [-0.15, -0.1) is 5.10 Å². The molecule has 0 atom stereocenters. The van der Waals surface area contributed by atoms with Crippen LogP contribution in [0.5, 0.6) is 0 Å². The fourth-order valence-corrected chi connectivity index (χ4v) is 3.15. The Kier molecular flexibility index (Phi) is 3.61. The molecule has 1 aromatic heterocycles. The second-order valence-corrected chi connectivity index (χ2v) is 5.43. The molecule has 1 N–H and O–H groups in total. The molecule has 1 aromatic rings. The standard InChI is InChI=1S/C13H23N5/c1-2-7-17-8-4-11(5-9-17)18-13-3-6-14-10-12(13)15-16-18/h11,14H,2-10H2,1H3. The van der Waals surface area contributed by atoms with Crippen molar-refractivity contribution in [1.29, 1.82) is 0 Å². The van der Waals surface area contributed by atoms with Crippen LogP contribution in [-0.4, -0.2) is 46.1 Å². The van der Waals surface area contributed by atoms with E-state index in [-0.39, 0.29) is 0 Å². The summed E-state index contributed by atoms with van der Waals surface area (Å²) in [4.78, 5) is 2.57. The van der Waals surface area contributed by atoms with E-state index in [0.717, 1.165) is 25.2 Å². The van der Waals surface area contributed by atoms with Gasteiger partial charge in [0.25, 0.3) is 0 Å². The van der Waals surface area contributed by atoms with Gasteiger partial charge in [0.15, 0.2) is 0 Å². The largest absolute Gasteiger partial charge is 0.311 e. The molecule has 2 aliphatic heterocycles. The Balaban J connectivity index is 1.67. The number of hydrogen-bond acceptors (Lipinski definition) is 4. The molecule has 1 fully saturated rings. The van der Waals surface area contributed by atoms with Gasteiger partial charge in [0.2, 0.25) is 0 Å². The summed E-state index contributed by atoms with van der Waals surface area (Å²) in [6, 6.07) is 0.576. The van der Waals surface area contributed by atoms with E-state index in [0.29, 0.717) is 6.04 Å². The molecule has 5 nitrogen and oxygen atoms in total. The van der Waals surface area contributed by atoms with Gasteiger partial charge < -0.3 is 10.2 Å². The maximum atomic E-state index is 4.40. The van der Waals surface area contributed by atoms with Gasteiger partial charge in [-0.1, -0.05) is 12.1 Å². The molecule has 0 amide bonds. The maximum absolute atomic E-state index is 4.40. The minimum absolute atomic E-state index is 0.576. The summed E-state index contributed by atoms with van der Waals surface area (Å²) in [6.45, 7) is 7.88. The lowest BCUT2D eigenvalue weighted by atomic mass is 10.0. The van der Waals surface area contributed by atoms with E-state index in [1.165, 1.54) is 44.6 Å². The predicted octanol–water partition coefficient (Wildman–Crippen LogP) is 0.971. The molecule has 18 heavy (non-hydrogen) atoms. The summed E-state index contributed by atoms with van der Waals surface area (Å²) >= 11 is 0. The minimum Gasteiger partial charge on any atom is -0.311 e. The van der Waals surface area contributed by atoms with Crippen LogP contribution in [0.4, 0.5) is 0 Å². The number of aromatic nitrogens is 3. The third kappa shape index (κ3) is 2.29. The third-order valence-corrected chi connectivity index (χ3v) is 4.15. The molecule has 3 rings (SSSR count). The average molecular weight is 249 g/mol. The van der Waals surface area contributed by atoms with Gasteiger partial charge in [0.1, 0.15) is 0 Å². The Morgan fingerprint density at radius 1 is 1.33 bits per heavy atom. The highest BCUT2D eigenvalue weighted by atomic mass is 15.5. The molecular weight excluding hydrogens is 226 g/mol. The van der Waals surface area contributed by atoms with Crippen LogP contribution in [0.25, 0.3) is 0 Å². The summed E-state index contributed by atoms with van der Waals surface area (Å²) in [5.41, 5.74) is 2.54. The van der Waals surface area contributed by atoms with Crippen LogP contribution in [0.1, 0.15) is 43.6 Å². The second-order valence-electron chi connectivity index (χ2n) is 5.43. The third-order valence-electron chi connectivity index (χ3n) is 4.15. The van der Waals surface area contributed by atoms with Gasteiger partial charge in [-0.3, -0.25) is 0 Å². The first-order valence-corrected chi connectivity index (χ1v) is 7.24. The molecular formula is C13H23N5. The Morgan fingerprint density at radius 2 is 2.17 bits per heavy atom. The normalized spacial score (nSPS) is 22.1. The van der Waals surface area contributed by atoms with Gasteiger partial charge in [-0.05, 0) is 25.8 Å². The molecule has 2 aliphatic rings. The van der Waals surface area contributed by atoms with Gasteiger partial charge in [0, 0.05) is 32.6 Å². The lowest BCUT2D eigenvalue weighted by Gasteiger charge is -2.32. The van der Waals surface area contributed by atoms with Crippen molar-refractivity contribution < 1.29 is 0 Å². The lowest BCUT2D eigenvalue weighted by Crippen LogP contribution is -2.36. The lowest BCUT2D eigenvalue weighted by molar-refractivity contribution is 0.177. The zero-order chi connectivity index (χ0) is 12.4. The van der Waals surface area contributed by atoms with Crippen molar-refractivity contribution in [3.63, 3.8) is 0 Å². The molecule has 1 saturated heterocycles. The molecule has 5 heteroatoms. The zero-order valence-corrected chi connectivity index (χ0v) is 11.2. The molecule has 3 heterocycles. The summed E-state index contributed by atoms with van der Waals surface area (Å²) in [5.74, 6) is 0. The number of fused-ring (bicyclic) bond motifs is 1. The van der Waals surface area contributed by atoms with E-state index >= 15 is 0 Å². The molecule has 0 saturated carbocycles. The van der Waals surface area contributed by atoms with Crippen LogP contribution in [0.3, 0.4) is 0 Å². The van der Waals surface area contributed by atoms with Crippen molar-refractivity contribution in [2.45, 2.75) is 45.2 Å². The summed E-state index contributed by atoms with van der Waals surface area (Å²) in [5, 5.41) is 12.1. The van der Waals surface area contributed by atoms with E-state index in [2.05, 4.69) is 32.1 Å². The first-order valence-electron chi connectivity index (χ1n) is 7.24. The summed E-state index contributed by atoms with van der Waals surface area (Å²) < 4.78 is 2.22. The van der Waals surface area contributed by atoms with Gasteiger partial charge >= 0.3 is 0 Å². The molecule has 0 bridgehead atoms. The fourth-order valence-electron chi connectivity index (χ4n) is 3.15. The average Bonchev–Trinajstić information content (AvgIpc) is 2.84. The Morgan fingerprint density at radius 3 is 2.94 bits per heavy atom. The quantitative estimate of drug-likeness (QED) is 0.867. The second kappa shape index (κ2) is 5.36. The molecule has 100 valence electrons. The van der Waals surface area contributed by atoms with E-state index in [1.807, 2.05) is 0 Å². The Labute approximate surface area is 109 Å². The number of rotatable bonds is 3. The molecule has 0 radical (unpaired) electrons. The molecule has 0 spiro atoms. The van der Waals surface area contributed by atoms with Gasteiger partial charge in [-0.2, -0.15) is 0 Å². The number of nitrogens with zero attached hydrogens (tertiary/aromatic N) is 4. The molecule has 0 aliphatic carbocycles. The van der Waals surface area contributed by atoms with Crippen LogP contribution in [0, 0.1) is 0 Å². The monoisotopic (exact) mass is 249 g/mol. The predicted molar refractivity (Wildman–Crippen MR) is 70.4 cm³/mol. The van der Waals surface area contributed by atoms with Crippen molar-refractivity contribution in [3.05, 3.63) is 11.4 Å². The highest BCUT2D eigenvalue weighted by molar-refractivity contribution is 5.14. The molecule has 0 unspecified atom stereocenters. The SMILES string of the molecule is CCCN1CCC(n2nnc3c2CCNC3)CC1. The summed E-state index contributed by atoms with van der Waals surface area (Å²) in [6.07, 6.45) is 4.79. The summed E-state index contributed by atoms with van der Waals surface area (Å²) in [7, 11) is 0. The number of nitrogens with one attached hydrogen (secondary N) is 1. The van der Waals surface area contributed by atoms with E-state index in [4.69, 9.17) is 0 Å². The van der Waals surface area contributed by atoms with Crippen LogP contribution >= 0.6 is 0 Å². The van der Waals surface area contributed by atoms with Crippen molar-refractivity contribution in [3.8, 4) is 0 Å². The van der Waals surface area contributed by atoms with Crippen LogP contribution in [0.2, 0.25) is 0 Å². The first-order chi connectivity index (χ1) is 8.88. The first kappa shape index (κ1) is 12.1. The minimum atomic E-state index is 0.576. The van der Waals surface area contributed by atoms with Crippen LogP contribution in [-0.2, 0) is 13.0 Å². The Bertz CT molecular complexity index is 392. The van der Waals surface area contributed by atoms with Gasteiger partial charge in [0.05, 0.1) is 17.4 Å². The van der Waals surface area contributed by atoms with E-state index < -0.39 is 0 Å². The topological polar surface area (TPSA) is 46.0 Å². The van der Waals surface area contributed by atoms with Crippen LogP contribution < -0.4 is 5.32 Å². The van der Waals surface area contributed by atoms with Crippen molar-refractivity contribution in [2.24, 2.45) is 0 Å². The van der Waals surface area contributed by atoms with Crippen molar-refractivity contribution >= 4 is 0 Å². The fraction of sp³-hybridized carbons (Fsp3) is 0.846. The highest BCUT2D eigenvalue weighted by Crippen LogP contribution is 2.25. The Hall–Kier alpha value is -0.940.